The Morgan fingerprint density at radius 3 is 0.833 bits per heavy atom. The topological polar surface area (TPSA) is 290 Å². The highest BCUT2D eigenvalue weighted by Gasteiger charge is 2.36. The molecule has 0 aliphatic heterocycles. The van der Waals surface area contributed by atoms with Crippen molar-refractivity contribution in [1.29, 1.82) is 0 Å². The van der Waals surface area contributed by atoms with Gasteiger partial charge in [0, 0.05) is 36.3 Å². The Hall–Kier alpha value is -8.22. The normalized spacial score (nSPS) is 13.1. The van der Waals surface area contributed by atoms with Crippen LogP contribution in [0.25, 0.3) is 0 Å². The maximum Gasteiger partial charge on any atom is 0.243 e. The number of carbonyl (C=O) groups is 10. The standard InChI is InChI=1S/C64H97N11O14.CH4/c1-13-45(7)66-31-56(77)72(47(9)15-3)41-59(80)67(32-51-23-19-27-86-51)37-57(78)70(35-54-26-22-30-89-54)40-62(83)75(50(12)18-6)44-64(85)73(48(10)16-4)42-60(81)68(33-52-24-20-28-87-52)38-58(79)69(34-53-25-21-29-88-53)39-61(82)74(49(11)17-5)43-63(84)71(36-55(65)76)46(8)14-2;/h19-30,45-50,66H,13-18,31-44H2,1-12H3,(H2,65,76);1H4. The fraction of sp³-hybridized carbons (Fsp3) is 0.600. The Labute approximate surface area is 531 Å². The fourth-order valence-corrected chi connectivity index (χ4v) is 9.52. The van der Waals surface area contributed by atoms with Crippen molar-refractivity contribution in [2.24, 2.45) is 5.73 Å². The predicted octanol–water partition coefficient (Wildman–Crippen LogP) is 6.12. The van der Waals surface area contributed by atoms with Gasteiger partial charge in [-0.1, -0.05) is 49.0 Å². The van der Waals surface area contributed by atoms with Crippen LogP contribution < -0.4 is 11.1 Å². The van der Waals surface area contributed by atoms with Crippen molar-refractivity contribution >= 4 is 59.1 Å². The fourth-order valence-electron chi connectivity index (χ4n) is 9.52. The number of amides is 10. The van der Waals surface area contributed by atoms with Gasteiger partial charge in [0.25, 0.3) is 0 Å². The number of hydrogen-bond acceptors (Lipinski definition) is 15. The molecule has 4 heterocycles. The second-order valence-corrected chi connectivity index (χ2v) is 22.9. The highest BCUT2D eigenvalue weighted by molar-refractivity contribution is 5.94. The number of nitrogens with two attached hydrogens (primary N) is 1. The molecule has 25 heteroatoms. The lowest BCUT2D eigenvalue weighted by molar-refractivity contribution is -0.151. The summed E-state index contributed by atoms with van der Waals surface area (Å²) in [5.74, 6) is -4.42. The van der Waals surface area contributed by atoms with E-state index in [2.05, 4.69) is 5.32 Å². The maximum absolute atomic E-state index is 14.9. The minimum atomic E-state index is -0.710. The molecule has 6 unspecified atom stereocenters. The van der Waals surface area contributed by atoms with Crippen molar-refractivity contribution in [3.05, 3.63) is 96.6 Å². The van der Waals surface area contributed by atoms with Crippen LogP contribution in [0.1, 0.15) is 152 Å². The quantitative estimate of drug-likeness (QED) is 0.0507. The zero-order chi connectivity index (χ0) is 65.9. The van der Waals surface area contributed by atoms with Crippen molar-refractivity contribution in [3.8, 4) is 0 Å². The Kier molecular flexibility index (Phi) is 32.4. The molecule has 500 valence electrons. The van der Waals surface area contributed by atoms with Gasteiger partial charge in [-0.3, -0.25) is 47.9 Å². The van der Waals surface area contributed by atoms with Crippen LogP contribution in [0.5, 0.6) is 0 Å². The van der Waals surface area contributed by atoms with E-state index in [1.165, 1.54) is 69.2 Å². The molecule has 0 spiro atoms. The lowest BCUT2D eigenvalue weighted by Gasteiger charge is -2.36. The van der Waals surface area contributed by atoms with E-state index in [0.29, 0.717) is 55.1 Å². The van der Waals surface area contributed by atoms with E-state index in [0.717, 1.165) is 6.42 Å². The average molecular weight is 1260 g/mol. The summed E-state index contributed by atoms with van der Waals surface area (Å²) >= 11 is 0. The molecule has 10 amide bonds. The summed E-state index contributed by atoms with van der Waals surface area (Å²) in [6.45, 7) is 17.1. The highest BCUT2D eigenvalue weighted by Crippen LogP contribution is 2.19. The summed E-state index contributed by atoms with van der Waals surface area (Å²) in [5, 5.41) is 3.20. The van der Waals surface area contributed by atoms with Crippen LogP contribution in [0.4, 0.5) is 0 Å². The van der Waals surface area contributed by atoms with Gasteiger partial charge in [-0.2, -0.15) is 0 Å². The number of nitrogens with zero attached hydrogens (tertiary/aromatic N) is 9. The van der Waals surface area contributed by atoms with E-state index in [9.17, 15) is 47.9 Å². The first-order valence-electron chi connectivity index (χ1n) is 31.1. The van der Waals surface area contributed by atoms with E-state index in [4.69, 9.17) is 23.4 Å². The maximum atomic E-state index is 14.9. The first kappa shape index (κ1) is 76.0. The second-order valence-electron chi connectivity index (χ2n) is 22.9. The van der Waals surface area contributed by atoms with E-state index >= 15 is 0 Å². The van der Waals surface area contributed by atoms with Crippen LogP contribution in [0.15, 0.2) is 91.3 Å². The van der Waals surface area contributed by atoms with Gasteiger partial charge in [0.15, 0.2) is 0 Å². The van der Waals surface area contributed by atoms with Gasteiger partial charge in [0.1, 0.15) is 75.4 Å². The molecule has 0 aliphatic carbocycles. The number of rotatable bonds is 40. The third-order valence-electron chi connectivity index (χ3n) is 16.4. The Morgan fingerprint density at radius 1 is 0.356 bits per heavy atom. The number of furan rings is 4. The zero-order valence-electron chi connectivity index (χ0n) is 54.4. The molecule has 0 fully saturated rings. The van der Waals surface area contributed by atoms with E-state index in [1.54, 1.807) is 76.2 Å². The third kappa shape index (κ3) is 23.6. The van der Waals surface area contributed by atoms with E-state index < -0.39 is 117 Å². The van der Waals surface area contributed by atoms with Gasteiger partial charge in [0.2, 0.25) is 59.1 Å². The van der Waals surface area contributed by atoms with Crippen molar-refractivity contribution in [3.63, 3.8) is 0 Å². The van der Waals surface area contributed by atoms with Crippen LogP contribution in [0.3, 0.4) is 0 Å². The summed E-state index contributed by atoms with van der Waals surface area (Å²) in [7, 11) is 0. The number of hydrogen-bond donors (Lipinski definition) is 2. The molecule has 90 heavy (non-hydrogen) atoms. The van der Waals surface area contributed by atoms with Gasteiger partial charge in [-0.15, -0.1) is 0 Å². The van der Waals surface area contributed by atoms with Gasteiger partial charge >= 0.3 is 0 Å². The van der Waals surface area contributed by atoms with Crippen molar-refractivity contribution < 1.29 is 65.6 Å². The van der Waals surface area contributed by atoms with Crippen molar-refractivity contribution in [1.82, 2.24) is 49.4 Å². The summed E-state index contributed by atoms with van der Waals surface area (Å²) in [6.07, 6.45) is 8.80. The first-order chi connectivity index (χ1) is 42.4. The van der Waals surface area contributed by atoms with Crippen molar-refractivity contribution in [2.45, 2.75) is 191 Å². The lowest BCUT2D eigenvalue weighted by atomic mass is 10.1. The molecule has 0 radical (unpaired) electrons. The number of carbonyl (C=O) groups excluding carboxylic acids is 10. The molecule has 0 bridgehead atoms. The molecule has 6 atom stereocenters. The van der Waals surface area contributed by atoms with Crippen LogP contribution in [-0.2, 0) is 74.1 Å². The molecule has 0 saturated heterocycles. The van der Waals surface area contributed by atoms with Gasteiger partial charge in [-0.05, 0) is 129 Å². The van der Waals surface area contributed by atoms with Crippen LogP contribution in [0.2, 0.25) is 0 Å². The predicted molar refractivity (Wildman–Crippen MR) is 338 cm³/mol. The van der Waals surface area contributed by atoms with Crippen molar-refractivity contribution in [2.75, 3.05) is 65.4 Å². The summed E-state index contributed by atoms with van der Waals surface area (Å²) < 4.78 is 22.5. The molecule has 0 aromatic carbocycles. The molecule has 3 N–H and O–H groups in total. The molecular weight excluding hydrogens is 1160 g/mol. The van der Waals surface area contributed by atoms with Crippen LogP contribution >= 0.6 is 0 Å². The van der Waals surface area contributed by atoms with E-state index in [-0.39, 0.29) is 77.3 Å². The summed E-state index contributed by atoms with van der Waals surface area (Å²) in [5.41, 5.74) is 5.52. The monoisotopic (exact) mass is 1260 g/mol. The number of nitrogens with one attached hydrogen (secondary N) is 1. The minimum Gasteiger partial charge on any atom is -0.467 e. The highest BCUT2D eigenvalue weighted by atomic mass is 16.3. The molecule has 4 rings (SSSR count). The summed E-state index contributed by atoms with van der Waals surface area (Å²) in [4.78, 5) is 154. The molecule has 0 aliphatic rings. The second kappa shape index (κ2) is 38.4. The molecule has 25 nitrogen and oxygen atoms in total. The van der Waals surface area contributed by atoms with Gasteiger partial charge < -0.3 is 72.8 Å². The van der Waals surface area contributed by atoms with Gasteiger partial charge in [0.05, 0.1) is 64.3 Å². The minimum absolute atomic E-state index is 0. The molecule has 4 aromatic heterocycles. The molecule has 0 saturated carbocycles. The largest absolute Gasteiger partial charge is 0.467 e. The first-order valence-corrected chi connectivity index (χ1v) is 31.1. The number of primary amides is 1. The lowest BCUT2D eigenvalue weighted by Crippen LogP contribution is -2.55. The van der Waals surface area contributed by atoms with Crippen LogP contribution in [0, 0.1) is 0 Å². The van der Waals surface area contributed by atoms with Gasteiger partial charge in [-0.25, -0.2) is 0 Å². The molecule has 4 aromatic rings. The van der Waals surface area contributed by atoms with E-state index in [1.807, 2.05) is 55.4 Å². The Bertz CT molecular complexity index is 2840. The zero-order valence-corrected chi connectivity index (χ0v) is 54.4. The Balaban J connectivity index is 0.0000212. The average Bonchev–Trinajstić information content (AvgIpc) is 2.12. The third-order valence-corrected chi connectivity index (χ3v) is 16.4. The Morgan fingerprint density at radius 2 is 0.589 bits per heavy atom. The smallest absolute Gasteiger partial charge is 0.243 e. The molecular formula is C65H101N11O14. The SMILES string of the molecule is C.CCC(C)NCC(=O)N(CC(=O)N(CC(=O)N(CC(=O)N(CC(=O)N(CC(=O)N(CC(=O)N(CC(=O)N(CC(=O)N(CC(N)=O)C(C)CC)C(C)CC)Cc1ccco1)Cc1ccco1)C(C)CC)C(C)CC)Cc1ccco1)Cc1ccco1)C(C)CC. The summed E-state index contributed by atoms with van der Waals surface area (Å²) in [6, 6.07) is 10.9. The van der Waals surface area contributed by atoms with Crippen LogP contribution in [-0.4, -0.2) is 205 Å².